The zero-order valence-electron chi connectivity index (χ0n) is 15.3. The van der Waals surface area contributed by atoms with Crippen molar-refractivity contribution >= 4 is 23.2 Å². The second-order valence-corrected chi connectivity index (χ2v) is 9.17. The molecule has 140 valence electrons. The van der Waals surface area contributed by atoms with Crippen molar-refractivity contribution in [2.45, 2.75) is 38.5 Å². The molecule has 4 aliphatic carbocycles. The average molecular weight is 382 g/mol. The highest BCUT2D eigenvalue weighted by Gasteiger charge is 2.54. The van der Waals surface area contributed by atoms with Crippen LogP contribution in [0, 0.1) is 23.2 Å². The van der Waals surface area contributed by atoms with Crippen LogP contribution in [0.5, 0.6) is 11.5 Å². The van der Waals surface area contributed by atoms with Gasteiger partial charge < -0.3 is 10.1 Å². The Bertz CT molecular complexity index is 808. The lowest BCUT2D eigenvalue weighted by Crippen LogP contribution is -2.51. The summed E-state index contributed by atoms with van der Waals surface area (Å²) in [6.45, 7) is 0. The van der Waals surface area contributed by atoms with Gasteiger partial charge >= 0.3 is 0 Å². The Morgan fingerprint density at radius 1 is 0.852 bits per heavy atom. The van der Waals surface area contributed by atoms with Crippen LogP contribution in [0.1, 0.15) is 38.5 Å². The van der Waals surface area contributed by atoms with Crippen LogP contribution in [0.4, 0.5) is 5.69 Å². The Morgan fingerprint density at radius 2 is 1.33 bits per heavy atom. The number of ether oxygens (including phenoxy) is 1. The molecule has 2 aromatic carbocycles. The Morgan fingerprint density at radius 3 is 1.85 bits per heavy atom. The van der Waals surface area contributed by atoms with Gasteiger partial charge in [-0.25, -0.2) is 0 Å². The number of carbonyl (C=O) groups excluding carboxylic acids is 1. The number of nitrogens with one attached hydrogen (secondary N) is 1. The zero-order chi connectivity index (χ0) is 18.4. The van der Waals surface area contributed by atoms with Gasteiger partial charge in [0.15, 0.2) is 0 Å². The predicted molar refractivity (Wildman–Crippen MR) is 107 cm³/mol. The molecule has 1 amide bonds. The van der Waals surface area contributed by atoms with Gasteiger partial charge in [-0.2, -0.15) is 0 Å². The summed E-state index contributed by atoms with van der Waals surface area (Å²) in [6, 6.07) is 14.9. The zero-order valence-corrected chi connectivity index (χ0v) is 16.0. The Labute approximate surface area is 165 Å². The molecule has 4 aliphatic rings. The molecule has 0 atom stereocenters. The number of halogens is 1. The van der Waals surface area contributed by atoms with Crippen molar-refractivity contribution in [1.29, 1.82) is 0 Å². The first kappa shape index (κ1) is 17.1. The lowest BCUT2D eigenvalue weighted by molar-refractivity contribution is -0.140. The van der Waals surface area contributed by atoms with Crippen LogP contribution >= 0.6 is 11.6 Å². The van der Waals surface area contributed by atoms with Gasteiger partial charge in [0, 0.05) is 10.7 Å². The maximum atomic E-state index is 13.1. The highest BCUT2D eigenvalue weighted by atomic mass is 35.5. The van der Waals surface area contributed by atoms with Crippen LogP contribution in [-0.4, -0.2) is 5.91 Å². The topological polar surface area (TPSA) is 38.3 Å². The number of benzene rings is 2. The molecule has 0 heterocycles. The minimum absolute atomic E-state index is 0.118. The first-order valence-corrected chi connectivity index (χ1v) is 10.3. The second kappa shape index (κ2) is 6.56. The van der Waals surface area contributed by atoms with Crippen LogP contribution in [0.15, 0.2) is 48.5 Å². The normalized spacial score (nSPS) is 30.9. The third kappa shape index (κ3) is 3.34. The van der Waals surface area contributed by atoms with Crippen molar-refractivity contribution in [3.8, 4) is 11.5 Å². The van der Waals surface area contributed by atoms with Crippen LogP contribution in [0.2, 0.25) is 5.02 Å². The molecule has 4 heteroatoms. The van der Waals surface area contributed by atoms with E-state index in [1.54, 1.807) is 12.1 Å². The van der Waals surface area contributed by atoms with E-state index in [9.17, 15) is 4.79 Å². The van der Waals surface area contributed by atoms with E-state index >= 15 is 0 Å². The van der Waals surface area contributed by atoms with E-state index in [0.29, 0.717) is 5.02 Å². The lowest BCUT2D eigenvalue weighted by atomic mass is 9.49. The summed E-state index contributed by atoms with van der Waals surface area (Å²) in [5.41, 5.74) is 0.729. The van der Waals surface area contributed by atoms with Crippen molar-refractivity contribution in [2.75, 3.05) is 5.32 Å². The molecule has 2 aromatic rings. The smallest absolute Gasteiger partial charge is 0.230 e. The molecule has 6 rings (SSSR count). The van der Waals surface area contributed by atoms with Gasteiger partial charge in [-0.15, -0.1) is 0 Å². The summed E-state index contributed by atoms with van der Waals surface area (Å²) in [6.07, 6.45) is 7.31. The third-order valence-electron chi connectivity index (χ3n) is 6.68. The van der Waals surface area contributed by atoms with Gasteiger partial charge in [0.2, 0.25) is 5.91 Å². The molecule has 4 bridgehead atoms. The van der Waals surface area contributed by atoms with Gasteiger partial charge in [0.05, 0.1) is 5.41 Å². The molecule has 0 unspecified atom stereocenters. The third-order valence-corrected chi connectivity index (χ3v) is 6.93. The van der Waals surface area contributed by atoms with E-state index in [4.69, 9.17) is 16.3 Å². The molecule has 1 N–H and O–H groups in total. The van der Waals surface area contributed by atoms with E-state index in [1.165, 1.54) is 19.3 Å². The first-order chi connectivity index (χ1) is 13.1. The molecule has 0 saturated heterocycles. The van der Waals surface area contributed by atoms with Gasteiger partial charge in [-0.1, -0.05) is 11.6 Å². The van der Waals surface area contributed by atoms with Crippen molar-refractivity contribution in [2.24, 2.45) is 23.2 Å². The number of hydrogen-bond acceptors (Lipinski definition) is 2. The fourth-order valence-electron chi connectivity index (χ4n) is 5.90. The van der Waals surface area contributed by atoms with Crippen molar-refractivity contribution in [3.63, 3.8) is 0 Å². The summed E-state index contributed by atoms with van der Waals surface area (Å²) in [4.78, 5) is 13.1. The summed E-state index contributed by atoms with van der Waals surface area (Å²) in [5, 5.41) is 3.87. The molecule has 0 aliphatic heterocycles. The predicted octanol–water partition coefficient (Wildman–Crippen LogP) is 6.29. The van der Waals surface area contributed by atoms with Crippen LogP contribution < -0.4 is 10.1 Å². The fourth-order valence-corrected chi connectivity index (χ4v) is 6.02. The Kier molecular flexibility index (Phi) is 4.16. The number of anilines is 1. The summed E-state index contributed by atoms with van der Waals surface area (Å²) in [5.74, 6) is 4.04. The van der Waals surface area contributed by atoms with E-state index in [2.05, 4.69) is 5.32 Å². The largest absolute Gasteiger partial charge is 0.457 e. The molecular formula is C23H24ClNO2. The van der Waals surface area contributed by atoms with E-state index in [1.807, 2.05) is 36.4 Å². The number of carbonyl (C=O) groups is 1. The molecular weight excluding hydrogens is 358 g/mol. The molecule has 4 fully saturated rings. The van der Waals surface area contributed by atoms with Crippen molar-refractivity contribution in [1.82, 2.24) is 0 Å². The maximum absolute atomic E-state index is 13.1. The summed E-state index contributed by atoms with van der Waals surface area (Å²) >= 11 is 5.90. The number of amides is 1. The summed E-state index contributed by atoms with van der Waals surface area (Å²) in [7, 11) is 0. The summed E-state index contributed by atoms with van der Waals surface area (Å²) < 4.78 is 5.82. The minimum Gasteiger partial charge on any atom is -0.457 e. The lowest BCUT2D eigenvalue weighted by Gasteiger charge is -2.55. The van der Waals surface area contributed by atoms with Gasteiger partial charge in [0.1, 0.15) is 11.5 Å². The Balaban J connectivity index is 1.26. The Hall–Kier alpha value is -2.00. The highest BCUT2D eigenvalue weighted by Crippen LogP contribution is 2.60. The van der Waals surface area contributed by atoms with Gasteiger partial charge in [0.25, 0.3) is 0 Å². The van der Waals surface area contributed by atoms with Crippen molar-refractivity contribution < 1.29 is 9.53 Å². The van der Waals surface area contributed by atoms with E-state index in [-0.39, 0.29) is 11.3 Å². The quantitative estimate of drug-likeness (QED) is 0.676. The standard InChI is InChI=1S/C23H24ClNO2/c24-18-1-5-20(6-2-18)27-21-7-3-19(4-8-21)25-22(26)23-12-15-9-16(13-23)11-17(10-15)14-23/h1-8,15-17H,9-14H2,(H,25,26). The minimum atomic E-state index is -0.118. The van der Waals surface area contributed by atoms with Gasteiger partial charge in [-0.3, -0.25) is 4.79 Å². The second-order valence-electron chi connectivity index (χ2n) is 8.73. The monoisotopic (exact) mass is 381 g/mol. The van der Waals surface area contributed by atoms with E-state index in [0.717, 1.165) is 54.2 Å². The molecule has 4 saturated carbocycles. The molecule has 0 spiro atoms. The van der Waals surface area contributed by atoms with Crippen LogP contribution in [0.3, 0.4) is 0 Å². The molecule has 0 aromatic heterocycles. The van der Waals surface area contributed by atoms with Crippen LogP contribution in [0.25, 0.3) is 0 Å². The van der Waals surface area contributed by atoms with E-state index < -0.39 is 0 Å². The number of hydrogen-bond donors (Lipinski definition) is 1. The molecule has 0 radical (unpaired) electrons. The van der Waals surface area contributed by atoms with Crippen LogP contribution in [-0.2, 0) is 4.79 Å². The fraction of sp³-hybridized carbons (Fsp3) is 0.435. The highest BCUT2D eigenvalue weighted by molar-refractivity contribution is 6.30. The first-order valence-electron chi connectivity index (χ1n) is 9.93. The van der Waals surface area contributed by atoms with Gasteiger partial charge in [-0.05, 0) is 105 Å². The SMILES string of the molecule is O=C(Nc1ccc(Oc2ccc(Cl)cc2)cc1)C12CC3CC(CC(C3)C1)C2. The molecule has 3 nitrogen and oxygen atoms in total. The maximum Gasteiger partial charge on any atom is 0.230 e. The average Bonchev–Trinajstić information content (AvgIpc) is 2.64. The van der Waals surface area contributed by atoms with Crippen molar-refractivity contribution in [3.05, 3.63) is 53.6 Å². The number of rotatable bonds is 4. The molecule has 27 heavy (non-hydrogen) atoms.